The number of piperidine rings is 1. The number of esters is 1. The minimum atomic E-state index is -0.740. The molecule has 0 bridgehead atoms. The van der Waals surface area contributed by atoms with Gasteiger partial charge in [-0.05, 0) is 61.2 Å². The van der Waals surface area contributed by atoms with Crippen LogP contribution in [0.3, 0.4) is 0 Å². The molecule has 2 aromatic carbocycles. The van der Waals surface area contributed by atoms with Crippen LogP contribution in [0.5, 0.6) is 0 Å². The SMILES string of the molecule is COC(=O)[C@@H](C)Cn1c(=O)nc(Nc2ccc(N3CCCCC3)cc2)n(Cc2ccc(Cl)cc2)c1=O. The topological polar surface area (TPSA) is 98.5 Å². The lowest BCUT2D eigenvalue weighted by atomic mass is 10.1. The Bertz CT molecular complexity index is 1310. The maximum Gasteiger partial charge on any atom is 0.354 e. The van der Waals surface area contributed by atoms with Crippen molar-refractivity contribution in [1.82, 2.24) is 14.1 Å². The summed E-state index contributed by atoms with van der Waals surface area (Å²) in [6.45, 7) is 3.69. The van der Waals surface area contributed by atoms with E-state index < -0.39 is 23.3 Å². The zero-order chi connectivity index (χ0) is 25.7. The van der Waals surface area contributed by atoms with E-state index in [1.54, 1.807) is 31.2 Å². The summed E-state index contributed by atoms with van der Waals surface area (Å²) in [6, 6.07) is 14.9. The first kappa shape index (κ1) is 25.5. The molecule has 9 nitrogen and oxygen atoms in total. The summed E-state index contributed by atoms with van der Waals surface area (Å²) in [5.74, 6) is -1.08. The molecule has 0 unspecified atom stereocenters. The average molecular weight is 512 g/mol. The molecule has 0 aliphatic carbocycles. The Morgan fingerprint density at radius 2 is 1.69 bits per heavy atom. The maximum absolute atomic E-state index is 13.4. The van der Waals surface area contributed by atoms with Gasteiger partial charge in [-0.15, -0.1) is 0 Å². The molecule has 1 aromatic heterocycles. The second-order valence-corrected chi connectivity index (χ2v) is 9.40. The van der Waals surface area contributed by atoms with Crippen molar-refractivity contribution >= 4 is 34.9 Å². The molecule has 1 aliphatic heterocycles. The van der Waals surface area contributed by atoms with Gasteiger partial charge in [-0.2, -0.15) is 4.98 Å². The Balaban J connectivity index is 1.67. The van der Waals surface area contributed by atoms with E-state index >= 15 is 0 Å². The molecule has 3 aromatic rings. The van der Waals surface area contributed by atoms with Crippen molar-refractivity contribution in [2.45, 2.75) is 39.3 Å². The molecule has 1 saturated heterocycles. The van der Waals surface area contributed by atoms with Crippen LogP contribution in [0.1, 0.15) is 31.7 Å². The van der Waals surface area contributed by atoms with Gasteiger partial charge in [0, 0.05) is 36.0 Å². The van der Waals surface area contributed by atoms with E-state index in [-0.39, 0.29) is 19.0 Å². The smallest absolute Gasteiger partial charge is 0.354 e. The van der Waals surface area contributed by atoms with Crippen LogP contribution in [0.25, 0.3) is 0 Å². The lowest BCUT2D eigenvalue weighted by Crippen LogP contribution is -2.44. The largest absolute Gasteiger partial charge is 0.469 e. The lowest BCUT2D eigenvalue weighted by Gasteiger charge is -2.28. The third-order valence-corrected chi connectivity index (χ3v) is 6.56. The van der Waals surface area contributed by atoms with Gasteiger partial charge in [0.05, 0.1) is 19.6 Å². The van der Waals surface area contributed by atoms with E-state index in [1.165, 1.54) is 30.9 Å². The number of nitrogens with zero attached hydrogens (tertiary/aromatic N) is 4. The zero-order valence-corrected chi connectivity index (χ0v) is 21.2. The van der Waals surface area contributed by atoms with Crippen LogP contribution in [0, 0.1) is 5.92 Å². The molecule has 0 saturated carbocycles. The Labute approximate surface area is 214 Å². The number of hydrogen-bond donors (Lipinski definition) is 1. The van der Waals surface area contributed by atoms with Crippen LogP contribution in [0.2, 0.25) is 5.02 Å². The molecule has 1 atom stereocenters. The fourth-order valence-electron chi connectivity index (χ4n) is 4.28. The number of anilines is 3. The van der Waals surface area contributed by atoms with Gasteiger partial charge in [-0.3, -0.25) is 9.36 Å². The molecule has 1 N–H and O–H groups in total. The number of benzene rings is 2. The third kappa shape index (κ3) is 5.96. The first-order valence-electron chi connectivity index (χ1n) is 12.0. The normalized spacial score (nSPS) is 14.4. The summed E-state index contributed by atoms with van der Waals surface area (Å²) in [6.07, 6.45) is 3.63. The van der Waals surface area contributed by atoms with Crippen molar-refractivity contribution in [2.24, 2.45) is 5.92 Å². The van der Waals surface area contributed by atoms with Crippen LogP contribution < -0.4 is 21.6 Å². The zero-order valence-electron chi connectivity index (χ0n) is 20.4. The number of methoxy groups -OCH3 is 1. The predicted octanol–water partition coefficient (Wildman–Crippen LogP) is 3.65. The lowest BCUT2D eigenvalue weighted by molar-refractivity contribution is -0.145. The van der Waals surface area contributed by atoms with E-state index in [0.29, 0.717) is 10.7 Å². The van der Waals surface area contributed by atoms with Crippen molar-refractivity contribution in [3.8, 4) is 0 Å². The first-order valence-corrected chi connectivity index (χ1v) is 12.4. The van der Waals surface area contributed by atoms with E-state index in [0.717, 1.165) is 28.9 Å². The van der Waals surface area contributed by atoms with Crippen LogP contribution in [0.15, 0.2) is 58.1 Å². The second kappa shape index (κ2) is 11.4. The highest BCUT2D eigenvalue weighted by atomic mass is 35.5. The molecule has 4 rings (SSSR count). The number of carbonyl (C=O) groups is 1. The van der Waals surface area contributed by atoms with E-state index in [2.05, 4.69) is 15.2 Å². The summed E-state index contributed by atoms with van der Waals surface area (Å²) in [4.78, 5) is 44.7. The summed E-state index contributed by atoms with van der Waals surface area (Å²) < 4.78 is 7.09. The van der Waals surface area contributed by atoms with Crippen molar-refractivity contribution in [3.05, 3.63) is 80.1 Å². The van der Waals surface area contributed by atoms with Crippen molar-refractivity contribution < 1.29 is 9.53 Å². The number of carbonyl (C=O) groups excluding carboxylic acids is 1. The monoisotopic (exact) mass is 511 g/mol. The van der Waals surface area contributed by atoms with Crippen molar-refractivity contribution in [2.75, 3.05) is 30.4 Å². The number of halogens is 1. The molecular formula is C26H30ClN5O4. The molecule has 36 heavy (non-hydrogen) atoms. The molecule has 1 fully saturated rings. The molecular weight excluding hydrogens is 482 g/mol. The Hall–Kier alpha value is -3.59. The van der Waals surface area contributed by atoms with Gasteiger partial charge in [0.25, 0.3) is 0 Å². The predicted molar refractivity (Wildman–Crippen MR) is 140 cm³/mol. The van der Waals surface area contributed by atoms with Crippen LogP contribution >= 0.6 is 11.6 Å². The van der Waals surface area contributed by atoms with Gasteiger partial charge in [-0.1, -0.05) is 30.7 Å². The molecule has 0 radical (unpaired) electrons. The Kier molecular flexibility index (Phi) is 8.10. The fourth-order valence-corrected chi connectivity index (χ4v) is 4.41. The summed E-state index contributed by atoms with van der Waals surface area (Å²) in [5, 5.41) is 3.71. The quantitative estimate of drug-likeness (QED) is 0.461. The van der Waals surface area contributed by atoms with Gasteiger partial charge >= 0.3 is 17.3 Å². The average Bonchev–Trinajstić information content (AvgIpc) is 2.90. The first-order chi connectivity index (χ1) is 17.4. The Morgan fingerprint density at radius 3 is 2.33 bits per heavy atom. The van der Waals surface area contributed by atoms with Crippen LogP contribution in [0.4, 0.5) is 17.3 Å². The highest BCUT2D eigenvalue weighted by Gasteiger charge is 2.20. The van der Waals surface area contributed by atoms with Gasteiger partial charge in [0.1, 0.15) is 0 Å². The molecule has 1 aliphatic rings. The van der Waals surface area contributed by atoms with E-state index in [1.807, 2.05) is 24.3 Å². The van der Waals surface area contributed by atoms with E-state index in [9.17, 15) is 14.4 Å². The maximum atomic E-state index is 13.4. The molecule has 0 spiro atoms. The Morgan fingerprint density at radius 1 is 1.03 bits per heavy atom. The second-order valence-electron chi connectivity index (χ2n) is 8.97. The van der Waals surface area contributed by atoms with Crippen LogP contribution in [-0.2, 0) is 22.6 Å². The summed E-state index contributed by atoms with van der Waals surface area (Å²) >= 11 is 6.01. The van der Waals surface area contributed by atoms with Gasteiger partial charge in [0.15, 0.2) is 0 Å². The number of rotatable bonds is 8. The molecule has 10 heteroatoms. The van der Waals surface area contributed by atoms with Crippen LogP contribution in [-0.4, -0.2) is 40.3 Å². The molecule has 2 heterocycles. The van der Waals surface area contributed by atoms with Crippen molar-refractivity contribution in [3.63, 3.8) is 0 Å². The minimum absolute atomic E-state index is 0.118. The van der Waals surface area contributed by atoms with Gasteiger partial charge in [-0.25, -0.2) is 14.2 Å². The number of nitrogens with one attached hydrogen (secondary N) is 1. The molecule has 0 amide bonds. The number of hydrogen-bond acceptors (Lipinski definition) is 7. The number of aromatic nitrogens is 3. The van der Waals surface area contributed by atoms with Gasteiger partial charge < -0.3 is 15.0 Å². The highest BCUT2D eigenvalue weighted by Crippen LogP contribution is 2.23. The number of ether oxygens (including phenoxy) is 1. The standard InChI is InChI=1S/C26H30ClN5O4/c1-18(23(33)36-2)16-32-25(34)29-24(31(26(32)35)17-19-6-8-20(27)9-7-19)28-21-10-12-22(13-11-21)30-14-4-3-5-15-30/h6-13,18H,3-5,14-17H2,1-2H3,(H,28,29,34)/t18-/m0/s1. The third-order valence-electron chi connectivity index (χ3n) is 6.31. The molecule has 190 valence electrons. The minimum Gasteiger partial charge on any atom is -0.469 e. The summed E-state index contributed by atoms with van der Waals surface area (Å²) in [5.41, 5.74) is 1.33. The highest BCUT2D eigenvalue weighted by molar-refractivity contribution is 6.30. The van der Waals surface area contributed by atoms with Gasteiger partial charge in [0.2, 0.25) is 5.95 Å². The van der Waals surface area contributed by atoms with Crippen molar-refractivity contribution in [1.29, 1.82) is 0 Å². The summed E-state index contributed by atoms with van der Waals surface area (Å²) in [7, 11) is 1.27. The fraction of sp³-hybridized carbons (Fsp3) is 0.385. The van der Waals surface area contributed by atoms with E-state index in [4.69, 9.17) is 16.3 Å².